The first-order valence-corrected chi connectivity index (χ1v) is 11.2. The molecule has 0 fully saturated rings. The van der Waals surface area contributed by atoms with Gasteiger partial charge >= 0.3 is 5.69 Å². The molecule has 164 valence electrons. The van der Waals surface area contributed by atoms with Crippen LogP contribution in [0.15, 0.2) is 69.6 Å². The highest BCUT2D eigenvalue weighted by Gasteiger charge is 2.17. The van der Waals surface area contributed by atoms with E-state index in [0.717, 1.165) is 21.6 Å². The lowest BCUT2D eigenvalue weighted by atomic mass is 10.1. The Morgan fingerprint density at radius 1 is 1.09 bits per heavy atom. The molecular weight excluding hydrogens is 422 g/mol. The minimum atomic E-state index is -0.372. The van der Waals surface area contributed by atoms with Gasteiger partial charge in [-0.15, -0.1) is 5.10 Å². The van der Waals surface area contributed by atoms with Crippen molar-refractivity contribution < 1.29 is 4.79 Å². The molecule has 0 aliphatic carbocycles. The average Bonchev–Trinajstić information content (AvgIpc) is 3.07. The predicted octanol–water partition coefficient (Wildman–Crippen LogP) is 3.84. The molecule has 7 nitrogen and oxygen atoms in total. The Kier molecular flexibility index (Phi) is 6.14. The SMILES string of the molecule is Cc1ccc([C@@H](C)NC(=O)Cn2nc3c(Sc4ccc(C)cc4C)nccn3c2=O)cc1. The first-order chi connectivity index (χ1) is 15.3. The quantitative estimate of drug-likeness (QED) is 0.486. The Labute approximate surface area is 190 Å². The van der Waals surface area contributed by atoms with Crippen molar-refractivity contribution in [3.63, 3.8) is 0 Å². The van der Waals surface area contributed by atoms with Gasteiger partial charge in [0.05, 0.1) is 6.04 Å². The zero-order valence-corrected chi connectivity index (χ0v) is 19.3. The molecule has 0 aliphatic rings. The van der Waals surface area contributed by atoms with Gasteiger partial charge in [0.1, 0.15) is 11.6 Å². The Hall–Kier alpha value is -3.39. The van der Waals surface area contributed by atoms with Crippen LogP contribution in [0.2, 0.25) is 0 Å². The minimum Gasteiger partial charge on any atom is -0.348 e. The highest BCUT2D eigenvalue weighted by atomic mass is 32.2. The van der Waals surface area contributed by atoms with Crippen LogP contribution in [0.5, 0.6) is 0 Å². The normalized spacial score (nSPS) is 12.1. The number of amides is 1. The van der Waals surface area contributed by atoms with E-state index in [-0.39, 0.29) is 24.2 Å². The second-order valence-corrected chi connectivity index (χ2v) is 8.97. The number of benzene rings is 2. The van der Waals surface area contributed by atoms with Gasteiger partial charge in [-0.2, -0.15) is 0 Å². The Bertz CT molecular complexity index is 1340. The molecule has 4 aromatic rings. The summed E-state index contributed by atoms with van der Waals surface area (Å²) in [5.74, 6) is -0.278. The maximum atomic E-state index is 12.8. The second kappa shape index (κ2) is 9.00. The van der Waals surface area contributed by atoms with E-state index in [9.17, 15) is 9.59 Å². The van der Waals surface area contributed by atoms with Crippen LogP contribution < -0.4 is 11.0 Å². The number of fused-ring (bicyclic) bond motifs is 1. The molecule has 2 aromatic carbocycles. The molecule has 1 atom stereocenters. The van der Waals surface area contributed by atoms with Gasteiger partial charge in [0.2, 0.25) is 5.91 Å². The van der Waals surface area contributed by atoms with Crippen LogP contribution in [-0.2, 0) is 11.3 Å². The summed E-state index contributed by atoms with van der Waals surface area (Å²) < 4.78 is 2.61. The monoisotopic (exact) mass is 447 g/mol. The van der Waals surface area contributed by atoms with Crippen LogP contribution >= 0.6 is 11.8 Å². The number of rotatable bonds is 6. The van der Waals surface area contributed by atoms with Gasteiger partial charge in [0, 0.05) is 17.3 Å². The fraction of sp³-hybridized carbons (Fsp3) is 0.250. The first-order valence-electron chi connectivity index (χ1n) is 10.4. The van der Waals surface area contributed by atoms with Gasteiger partial charge in [-0.3, -0.25) is 4.79 Å². The molecule has 0 aliphatic heterocycles. The molecule has 4 rings (SSSR count). The zero-order chi connectivity index (χ0) is 22.8. The molecule has 0 saturated carbocycles. The molecule has 0 unspecified atom stereocenters. The Balaban J connectivity index is 1.55. The highest BCUT2D eigenvalue weighted by molar-refractivity contribution is 7.99. The molecule has 1 N–H and O–H groups in total. The number of hydrogen-bond acceptors (Lipinski definition) is 5. The summed E-state index contributed by atoms with van der Waals surface area (Å²) in [5, 5.41) is 7.96. The molecule has 0 spiro atoms. The van der Waals surface area contributed by atoms with E-state index in [0.29, 0.717) is 10.7 Å². The van der Waals surface area contributed by atoms with Crippen LogP contribution in [0, 0.1) is 20.8 Å². The van der Waals surface area contributed by atoms with Gasteiger partial charge in [-0.25, -0.2) is 18.9 Å². The van der Waals surface area contributed by atoms with E-state index < -0.39 is 0 Å². The van der Waals surface area contributed by atoms with Crippen molar-refractivity contribution in [1.29, 1.82) is 0 Å². The van der Waals surface area contributed by atoms with Gasteiger partial charge < -0.3 is 5.32 Å². The van der Waals surface area contributed by atoms with E-state index in [2.05, 4.69) is 21.5 Å². The molecule has 0 bridgehead atoms. The molecule has 2 heterocycles. The lowest BCUT2D eigenvalue weighted by molar-refractivity contribution is -0.122. The summed E-state index contributed by atoms with van der Waals surface area (Å²) >= 11 is 1.46. The maximum Gasteiger partial charge on any atom is 0.350 e. The first kappa shape index (κ1) is 21.8. The summed E-state index contributed by atoms with van der Waals surface area (Å²) in [5.41, 5.74) is 4.54. The Morgan fingerprint density at radius 2 is 1.81 bits per heavy atom. The van der Waals surface area contributed by atoms with Crippen molar-refractivity contribution >= 4 is 23.3 Å². The van der Waals surface area contributed by atoms with Gasteiger partial charge in [-0.05, 0) is 44.9 Å². The number of carbonyl (C=O) groups is 1. The number of carbonyl (C=O) groups excluding carboxylic acids is 1. The third kappa shape index (κ3) is 4.60. The summed E-state index contributed by atoms with van der Waals surface area (Å²) in [4.78, 5) is 30.9. The summed E-state index contributed by atoms with van der Waals surface area (Å²) in [7, 11) is 0. The molecule has 2 aromatic heterocycles. The third-order valence-electron chi connectivity index (χ3n) is 5.25. The van der Waals surface area contributed by atoms with Crippen LogP contribution in [0.1, 0.15) is 35.2 Å². The molecule has 8 heteroatoms. The summed E-state index contributed by atoms with van der Waals surface area (Å²) in [6.45, 7) is 7.86. The second-order valence-electron chi connectivity index (χ2n) is 7.94. The number of aryl methyl sites for hydroxylation is 3. The van der Waals surface area contributed by atoms with E-state index in [1.807, 2.05) is 64.1 Å². The number of nitrogens with one attached hydrogen (secondary N) is 1. The molecule has 0 saturated heterocycles. The van der Waals surface area contributed by atoms with E-state index in [4.69, 9.17) is 0 Å². The number of nitrogens with zero attached hydrogens (tertiary/aromatic N) is 4. The number of hydrogen-bond donors (Lipinski definition) is 1. The zero-order valence-electron chi connectivity index (χ0n) is 18.5. The maximum absolute atomic E-state index is 12.8. The summed E-state index contributed by atoms with van der Waals surface area (Å²) in [6, 6.07) is 14.0. The van der Waals surface area contributed by atoms with Gasteiger partial charge in [0.15, 0.2) is 5.65 Å². The van der Waals surface area contributed by atoms with E-state index in [1.165, 1.54) is 26.4 Å². The lowest BCUT2D eigenvalue weighted by Crippen LogP contribution is -2.34. The van der Waals surface area contributed by atoms with Crippen LogP contribution in [0.3, 0.4) is 0 Å². The van der Waals surface area contributed by atoms with Crippen molar-refractivity contribution in [2.75, 3.05) is 0 Å². The van der Waals surface area contributed by atoms with Crippen LogP contribution in [-0.4, -0.2) is 25.1 Å². The largest absolute Gasteiger partial charge is 0.350 e. The van der Waals surface area contributed by atoms with E-state index in [1.54, 1.807) is 12.4 Å². The topological polar surface area (TPSA) is 81.3 Å². The highest BCUT2D eigenvalue weighted by Crippen LogP contribution is 2.31. The van der Waals surface area contributed by atoms with Crippen LogP contribution in [0.25, 0.3) is 5.65 Å². The standard InChI is InChI=1S/C24H25N5O2S/c1-15-5-8-19(9-6-15)18(4)26-21(30)14-29-24(31)28-12-11-25-23(22(28)27-29)32-20-10-7-16(2)13-17(20)3/h5-13,18H,14H2,1-4H3,(H,26,30)/t18-/m1/s1. The van der Waals surface area contributed by atoms with Gasteiger partial charge in [-0.1, -0.05) is 59.3 Å². The fourth-order valence-corrected chi connectivity index (χ4v) is 4.39. The van der Waals surface area contributed by atoms with Crippen molar-refractivity contribution in [3.8, 4) is 0 Å². The van der Waals surface area contributed by atoms with Gasteiger partial charge in [0.25, 0.3) is 0 Å². The minimum absolute atomic E-state index is 0.162. The fourth-order valence-electron chi connectivity index (χ4n) is 3.48. The van der Waals surface area contributed by atoms with Crippen molar-refractivity contribution in [1.82, 2.24) is 24.5 Å². The number of aromatic nitrogens is 4. The van der Waals surface area contributed by atoms with E-state index >= 15 is 0 Å². The van der Waals surface area contributed by atoms with Crippen molar-refractivity contribution in [2.24, 2.45) is 0 Å². The molecule has 0 radical (unpaired) electrons. The third-order valence-corrected chi connectivity index (χ3v) is 6.41. The molecular formula is C24H25N5O2S. The summed E-state index contributed by atoms with van der Waals surface area (Å²) in [6.07, 6.45) is 3.14. The average molecular weight is 448 g/mol. The lowest BCUT2D eigenvalue weighted by Gasteiger charge is -2.14. The van der Waals surface area contributed by atoms with Crippen molar-refractivity contribution in [2.45, 2.75) is 50.2 Å². The Morgan fingerprint density at radius 3 is 2.53 bits per heavy atom. The molecule has 1 amide bonds. The molecule has 32 heavy (non-hydrogen) atoms. The van der Waals surface area contributed by atoms with Crippen LogP contribution in [0.4, 0.5) is 0 Å². The smallest absolute Gasteiger partial charge is 0.348 e. The van der Waals surface area contributed by atoms with Crippen molar-refractivity contribution in [3.05, 3.63) is 87.6 Å². The predicted molar refractivity (Wildman–Crippen MR) is 125 cm³/mol.